The van der Waals surface area contributed by atoms with Gasteiger partial charge in [0.2, 0.25) is 0 Å². The smallest absolute Gasteiger partial charge is 0.148 e. The Morgan fingerprint density at radius 3 is 2.79 bits per heavy atom. The van der Waals surface area contributed by atoms with Gasteiger partial charge in [0.25, 0.3) is 0 Å². The largest absolute Gasteiger partial charge is 0.369 e. The lowest BCUT2D eigenvalue weighted by Gasteiger charge is -2.23. The molecule has 2 heterocycles. The molecule has 1 atom stereocenters. The van der Waals surface area contributed by atoms with Gasteiger partial charge in [-0.3, -0.25) is 0 Å². The highest BCUT2D eigenvalue weighted by Gasteiger charge is 2.17. The molecule has 2 rings (SSSR count). The van der Waals surface area contributed by atoms with Crippen molar-refractivity contribution in [3.8, 4) is 0 Å². The van der Waals surface area contributed by atoms with Gasteiger partial charge in [-0.2, -0.15) is 23.5 Å². The molecular formula is C12H21N5S2. The van der Waals surface area contributed by atoms with Crippen LogP contribution >= 0.6 is 23.5 Å². The van der Waals surface area contributed by atoms with Crippen LogP contribution in [0.25, 0.3) is 0 Å². The molecule has 0 saturated carbocycles. The molecule has 4 N–H and O–H groups in total. The summed E-state index contributed by atoms with van der Waals surface area (Å²) in [5, 5.41) is 4.11. The van der Waals surface area contributed by atoms with Crippen LogP contribution in [0.1, 0.15) is 25.3 Å². The summed E-state index contributed by atoms with van der Waals surface area (Å²) in [6, 6.07) is 0. The van der Waals surface area contributed by atoms with Crippen LogP contribution in [-0.4, -0.2) is 39.0 Å². The predicted molar refractivity (Wildman–Crippen MR) is 86.0 cm³/mol. The Morgan fingerprint density at radius 1 is 1.37 bits per heavy atom. The van der Waals surface area contributed by atoms with Crippen LogP contribution < -0.4 is 16.6 Å². The molecule has 0 amide bonds. The molecule has 0 aromatic carbocycles. The van der Waals surface area contributed by atoms with Gasteiger partial charge in [0.1, 0.15) is 18.0 Å². The van der Waals surface area contributed by atoms with Crippen molar-refractivity contribution >= 4 is 35.2 Å². The summed E-state index contributed by atoms with van der Waals surface area (Å²) < 4.78 is 0. The van der Waals surface area contributed by atoms with Gasteiger partial charge < -0.3 is 10.7 Å². The van der Waals surface area contributed by atoms with Crippen molar-refractivity contribution in [3.63, 3.8) is 0 Å². The summed E-state index contributed by atoms with van der Waals surface area (Å²) in [5.74, 6) is 11.2. The van der Waals surface area contributed by atoms with Crippen LogP contribution in [-0.2, 0) is 0 Å². The quantitative estimate of drug-likeness (QED) is 0.568. The first kappa shape index (κ1) is 14.7. The second-order valence-electron chi connectivity index (χ2n) is 4.73. The summed E-state index contributed by atoms with van der Waals surface area (Å²) in [6.45, 7) is 5.18. The number of nitrogens with two attached hydrogens (primary N) is 1. The summed E-state index contributed by atoms with van der Waals surface area (Å²) in [5.41, 5.74) is 3.71. The van der Waals surface area contributed by atoms with E-state index in [1.165, 1.54) is 17.3 Å². The highest BCUT2D eigenvalue weighted by molar-refractivity contribution is 8.06. The lowest BCUT2D eigenvalue weighted by Crippen LogP contribution is -2.24. The number of nitrogens with zero attached hydrogens (tertiary/aromatic N) is 2. The van der Waals surface area contributed by atoms with E-state index in [0.717, 1.165) is 17.9 Å². The number of rotatable bonds is 5. The lowest BCUT2D eigenvalue weighted by atomic mass is 10.0. The molecule has 1 aromatic rings. The van der Waals surface area contributed by atoms with Crippen LogP contribution in [0.4, 0.5) is 11.6 Å². The first-order valence-corrected chi connectivity index (χ1v) is 8.67. The third-order valence-electron chi connectivity index (χ3n) is 2.98. The second kappa shape index (κ2) is 7.21. The van der Waals surface area contributed by atoms with Crippen LogP contribution in [0.15, 0.2) is 6.33 Å². The van der Waals surface area contributed by atoms with E-state index >= 15 is 0 Å². The maximum atomic E-state index is 5.52. The minimum absolute atomic E-state index is 0.322. The van der Waals surface area contributed by atoms with E-state index in [0.29, 0.717) is 17.0 Å². The number of anilines is 2. The van der Waals surface area contributed by atoms with Crippen molar-refractivity contribution in [2.75, 3.05) is 34.5 Å². The van der Waals surface area contributed by atoms with Gasteiger partial charge in [-0.1, -0.05) is 13.8 Å². The fourth-order valence-corrected chi connectivity index (χ4v) is 4.68. The molecule has 19 heavy (non-hydrogen) atoms. The van der Waals surface area contributed by atoms with E-state index in [-0.39, 0.29) is 0 Å². The molecule has 1 aliphatic heterocycles. The number of hydrazine groups is 1. The summed E-state index contributed by atoms with van der Waals surface area (Å²) in [6.07, 6.45) is 1.55. The molecule has 1 saturated heterocycles. The zero-order chi connectivity index (χ0) is 13.7. The van der Waals surface area contributed by atoms with E-state index in [9.17, 15) is 0 Å². The van der Waals surface area contributed by atoms with Crippen molar-refractivity contribution in [3.05, 3.63) is 11.9 Å². The average Bonchev–Trinajstić information content (AvgIpc) is 2.45. The minimum atomic E-state index is 0.322. The molecule has 0 spiro atoms. The van der Waals surface area contributed by atoms with E-state index < -0.39 is 0 Å². The van der Waals surface area contributed by atoms with Gasteiger partial charge in [0, 0.05) is 34.6 Å². The minimum Gasteiger partial charge on any atom is -0.369 e. The standard InChI is InChI=1S/C12H21N5S2/c1-8(2)10-11(15-7-16-12(10)17-13)14-5-9-6-18-3-4-19-9/h7-9H,3-6,13H2,1-2H3,(H2,14,15,16,17). The molecule has 7 heteroatoms. The highest BCUT2D eigenvalue weighted by Crippen LogP contribution is 2.29. The van der Waals surface area contributed by atoms with Crippen molar-refractivity contribution < 1.29 is 0 Å². The summed E-state index contributed by atoms with van der Waals surface area (Å²) >= 11 is 4.07. The van der Waals surface area contributed by atoms with E-state index in [1.54, 1.807) is 6.33 Å². The Kier molecular flexibility index (Phi) is 5.59. The number of thioether (sulfide) groups is 2. The zero-order valence-electron chi connectivity index (χ0n) is 11.3. The summed E-state index contributed by atoms with van der Waals surface area (Å²) in [7, 11) is 0. The zero-order valence-corrected chi connectivity index (χ0v) is 13.0. The second-order valence-corrected chi connectivity index (χ2v) is 7.29. The Labute approximate surface area is 122 Å². The Morgan fingerprint density at radius 2 is 2.16 bits per heavy atom. The van der Waals surface area contributed by atoms with E-state index in [2.05, 4.69) is 34.6 Å². The fourth-order valence-electron chi connectivity index (χ4n) is 2.06. The van der Waals surface area contributed by atoms with Crippen LogP contribution in [0.3, 0.4) is 0 Å². The van der Waals surface area contributed by atoms with E-state index in [1.807, 2.05) is 23.5 Å². The number of hydrogen-bond donors (Lipinski definition) is 3. The number of nitrogens with one attached hydrogen (secondary N) is 2. The Hall–Kier alpha value is -0.660. The van der Waals surface area contributed by atoms with Crippen molar-refractivity contribution in [1.82, 2.24) is 9.97 Å². The predicted octanol–water partition coefficient (Wildman–Crippen LogP) is 2.15. The topological polar surface area (TPSA) is 75.9 Å². The number of nitrogen functional groups attached to an aromatic ring is 1. The van der Waals surface area contributed by atoms with Crippen molar-refractivity contribution in [1.29, 1.82) is 0 Å². The van der Waals surface area contributed by atoms with Crippen molar-refractivity contribution in [2.45, 2.75) is 25.0 Å². The van der Waals surface area contributed by atoms with Gasteiger partial charge in [0.15, 0.2) is 0 Å². The maximum absolute atomic E-state index is 5.52. The SMILES string of the molecule is CC(C)c1c(NN)ncnc1NCC1CSCCS1. The first-order chi connectivity index (χ1) is 9.22. The molecule has 1 aliphatic rings. The van der Waals surface area contributed by atoms with E-state index in [4.69, 9.17) is 5.84 Å². The van der Waals surface area contributed by atoms with Gasteiger partial charge in [0.05, 0.1) is 0 Å². The molecule has 0 bridgehead atoms. The van der Waals surface area contributed by atoms with Gasteiger partial charge >= 0.3 is 0 Å². The normalized spacial score (nSPS) is 19.5. The van der Waals surface area contributed by atoms with Crippen molar-refractivity contribution in [2.24, 2.45) is 5.84 Å². The van der Waals surface area contributed by atoms with Gasteiger partial charge in [-0.25, -0.2) is 15.8 Å². The Balaban J connectivity index is 2.06. The van der Waals surface area contributed by atoms with Crippen LogP contribution in [0, 0.1) is 0 Å². The molecule has 1 unspecified atom stereocenters. The van der Waals surface area contributed by atoms with Crippen LogP contribution in [0.2, 0.25) is 0 Å². The number of hydrogen-bond acceptors (Lipinski definition) is 7. The molecular weight excluding hydrogens is 278 g/mol. The summed E-state index contributed by atoms with van der Waals surface area (Å²) in [4.78, 5) is 8.54. The maximum Gasteiger partial charge on any atom is 0.148 e. The fraction of sp³-hybridized carbons (Fsp3) is 0.667. The number of aromatic nitrogens is 2. The molecule has 0 radical (unpaired) electrons. The monoisotopic (exact) mass is 299 g/mol. The molecule has 106 valence electrons. The first-order valence-electron chi connectivity index (χ1n) is 6.47. The van der Waals surface area contributed by atoms with Crippen LogP contribution in [0.5, 0.6) is 0 Å². The third kappa shape index (κ3) is 3.90. The average molecular weight is 299 g/mol. The molecule has 0 aliphatic carbocycles. The van der Waals surface area contributed by atoms with Gasteiger partial charge in [-0.05, 0) is 5.92 Å². The third-order valence-corrected chi connectivity index (χ3v) is 5.82. The molecule has 5 nitrogen and oxygen atoms in total. The van der Waals surface area contributed by atoms with Gasteiger partial charge in [-0.15, -0.1) is 0 Å². The lowest BCUT2D eigenvalue weighted by molar-refractivity contribution is 0.843. The Bertz CT molecular complexity index is 407. The molecule has 1 aromatic heterocycles. The highest BCUT2D eigenvalue weighted by atomic mass is 32.2. The molecule has 1 fully saturated rings.